The van der Waals surface area contributed by atoms with Gasteiger partial charge in [0.05, 0.1) is 17.2 Å². The van der Waals surface area contributed by atoms with Gasteiger partial charge < -0.3 is 0 Å². The van der Waals surface area contributed by atoms with Crippen LogP contribution in [0.3, 0.4) is 0 Å². The Hall–Kier alpha value is -2.49. The minimum atomic E-state index is 0.709. The zero-order valence-electron chi connectivity index (χ0n) is 8.91. The third-order valence-corrected chi connectivity index (χ3v) is 2.93. The summed E-state index contributed by atoms with van der Waals surface area (Å²) in [6.45, 7) is 0. The number of rotatable bonds is 0. The van der Waals surface area contributed by atoms with Gasteiger partial charge >= 0.3 is 0 Å². The van der Waals surface area contributed by atoms with Crippen LogP contribution in [0.4, 0.5) is 0 Å². The summed E-state index contributed by atoms with van der Waals surface area (Å²) >= 11 is 0. The van der Waals surface area contributed by atoms with Gasteiger partial charge in [-0.05, 0) is 12.1 Å². The first-order chi connectivity index (χ1) is 8.43. The van der Waals surface area contributed by atoms with Gasteiger partial charge in [-0.15, -0.1) is 0 Å². The number of benzene rings is 1. The highest BCUT2D eigenvalue weighted by Gasteiger charge is 2.08. The maximum atomic E-state index is 4.56. The number of hydrogen-bond acceptors (Lipinski definition) is 3. The zero-order valence-corrected chi connectivity index (χ0v) is 8.91. The lowest BCUT2D eigenvalue weighted by Crippen LogP contribution is -1.86. The fourth-order valence-electron chi connectivity index (χ4n) is 2.14. The monoisotopic (exact) mass is 220 g/mol. The molecule has 0 amide bonds. The van der Waals surface area contributed by atoms with Gasteiger partial charge in [-0.25, -0.2) is 9.97 Å². The van der Waals surface area contributed by atoms with Crippen molar-refractivity contribution < 1.29 is 0 Å². The molecule has 4 aromatic rings. The summed E-state index contributed by atoms with van der Waals surface area (Å²) < 4.78 is 1.95. The molecule has 4 nitrogen and oxygen atoms in total. The molecule has 0 unspecified atom stereocenters. The summed E-state index contributed by atoms with van der Waals surface area (Å²) in [5.74, 6) is 0.709. The number of pyridine rings is 1. The minimum absolute atomic E-state index is 0.709. The SMILES string of the molecule is c1ccc2c(c1)ncc1c2nc2ncccn21. The first-order valence-electron chi connectivity index (χ1n) is 5.40. The van der Waals surface area contributed by atoms with Crippen molar-refractivity contribution in [3.05, 3.63) is 48.9 Å². The third kappa shape index (κ3) is 1.09. The van der Waals surface area contributed by atoms with Crippen LogP contribution >= 0.6 is 0 Å². The Morgan fingerprint density at radius 3 is 2.94 bits per heavy atom. The van der Waals surface area contributed by atoms with E-state index in [9.17, 15) is 0 Å². The molecule has 0 fully saturated rings. The molecule has 0 saturated carbocycles. The van der Waals surface area contributed by atoms with Crippen LogP contribution in [0.25, 0.3) is 27.7 Å². The van der Waals surface area contributed by atoms with Crippen molar-refractivity contribution in [1.82, 2.24) is 19.4 Å². The molecule has 0 N–H and O–H groups in total. The van der Waals surface area contributed by atoms with Crippen LogP contribution in [0.15, 0.2) is 48.9 Å². The van der Waals surface area contributed by atoms with Crippen LogP contribution in [0.5, 0.6) is 0 Å². The van der Waals surface area contributed by atoms with Gasteiger partial charge in [-0.2, -0.15) is 0 Å². The second-order valence-corrected chi connectivity index (χ2v) is 3.91. The van der Waals surface area contributed by atoms with Crippen molar-refractivity contribution in [2.24, 2.45) is 0 Å². The summed E-state index contributed by atoms with van der Waals surface area (Å²) in [5.41, 5.74) is 2.91. The van der Waals surface area contributed by atoms with E-state index in [4.69, 9.17) is 0 Å². The second-order valence-electron chi connectivity index (χ2n) is 3.91. The molecule has 0 aliphatic rings. The summed E-state index contributed by atoms with van der Waals surface area (Å²) in [4.78, 5) is 13.2. The molecule has 1 aromatic carbocycles. The second kappa shape index (κ2) is 3.01. The van der Waals surface area contributed by atoms with Gasteiger partial charge in [0.2, 0.25) is 5.78 Å². The Morgan fingerprint density at radius 2 is 1.94 bits per heavy atom. The van der Waals surface area contributed by atoms with E-state index in [0.29, 0.717) is 5.78 Å². The first kappa shape index (κ1) is 8.64. The largest absolute Gasteiger partial charge is 0.282 e. The predicted octanol–water partition coefficient (Wildman–Crippen LogP) is 2.43. The standard InChI is InChI=1S/C13H8N4/c1-2-5-10-9(4-1)12-11(8-15-10)17-7-3-6-14-13(17)16-12/h1-8H. The average molecular weight is 220 g/mol. The molecular weight excluding hydrogens is 212 g/mol. The van der Waals surface area contributed by atoms with Crippen LogP contribution in [0.1, 0.15) is 0 Å². The summed E-state index contributed by atoms with van der Waals surface area (Å²) in [7, 11) is 0. The Morgan fingerprint density at radius 1 is 1.00 bits per heavy atom. The Balaban J connectivity index is 2.34. The molecule has 0 bridgehead atoms. The molecule has 4 rings (SSSR count). The Bertz CT molecular complexity index is 848. The topological polar surface area (TPSA) is 43.1 Å². The average Bonchev–Trinajstić information content (AvgIpc) is 2.78. The lowest BCUT2D eigenvalue weighted by Gasteiger charge is -1.97. The molecule has 0 saturated heterocycles. The highest BCUT2D eigenvalue weighted by Crippen LogP contribution is 2.22. The fraction of sp³-hybridized carbons (Fsp3) is 0. The number of imidazole rings is 1. The molecule has 17 heavy (non-hydrogen) atoms. The number of nitrogens with zero attached hydrogens (tertiary/aromatic N) is 4. The van der Waals surface area contributed by atoms with Gasteiger partial charge in [-0.1, -0.05) is 18.2 Å². The van der Waals surface area contributed by atoms with Crippen molar-refractivity contribution in [3.63, 3.8) is 0 Å². The molecule has 80 valence electrons. The molecule has 4 heteroatoms. The van der Waals surface area contributed by atoms with Crippen molar-refractivity contribution >= 4 is 27.7 Å². The lowest BCUT2D eigenvalue weighted by molar-refractivity contribution is 1.13. The highest BCUT2D eigenvalue weighted by atomic mass is 15.1. The minimum Gasteiger partial charge on any atom is -0.282 e. The molecule has 0 spiro atoms. The highest BCUT2D eigenvalue weighted by molar-refractivity contribution is 6.02. The smallest absolute Gasteiger partial charge is 0.234 e. The Kier molecular flexibility index (Phi) is 1.53. The number of fused-ring (bicyclic) bond motifs is 5. The van der Waals surface area contributed by atoms with Gasteiger partial charge in [-0.3, -0.25) is 9.38 Å². The molecule has 0 radical (unpaired) electrons. The first-order valence-corrected chi connectivity index (χ1v) is 5.40. The van der Waals surface area contributed by atoms with E-state index in [1.54, 1.807) is 6.20 Å². The van der Waals surface area contributed by atoms with E-state index in [2.05, 4.69) is 15.0 Å². The van der Waals surface area contributed by atoms with E-state index in [1.807, 2.05) is 47.1 Å². The van der Waals surface area contributed by atoms with Crippen LogP contribution < -0.4 is 0 Å². The van der Waals surface area contributed by atoms with Crippen LogP contribution in [-0.4, -0.2) is 19.4 Å². The van der Waals surface area contributed by atoms with E-state index in [-0.39, 0.29) is 0 Å². The number of aromatic nitrogens is 4. The molecule has 0 aliphatic heterocycles. The van der Waals surface area contributed by atoms with E-state index in [1.165, 1.54) is 0 Å². The summed E-state index contributed by atoms with van der Waals surface area (Å²) in [6.07, 6.45) is 5.55. The van der Waals surface area contributed by atoms with E-state index >= 15 is 0 Å². The lowest BCUT2D eigenvalue weighted by atomic mass is 10.2. The number of para-hydroxylation sites is 1. The summed E-state index contributed by atoms with van der Waals surface area (Å²) in [6, 6.07) is 9.91. The van der Waals surface area contributed by atoms with Crippen molar-refractivity contribution in [2.45, 2.75) is 0 Å². The van der Waals surface area contributed by atoms with Gasteiger partial charge in [0.1, 0.15) is 5.52 Å². The molecular formula is C13H8N4. The normalized spacial score (nSPS) is 11.5. The van der Waals surface area contributed by atoms with Crippen molar-refractivity contribution in [3.8, 4) is 0 Å². The van der Waals surface area contributed by atoms with E-state index < -0.39 is 0 Å². The molecule has 0 aliphatic carbocycles. The maximum Gasteiger partial charge on any atom is 0.234 e. The predicted molar refractivity (Wildman–Crippen MR) is 65.8 cm³/mol. The molecule has 3 heterocycles. The van der Waals surface area contributed by atoms with Crippen molar-refractivity contribution in [1.29, 1.82) is 0 Å². The van der Waals surface area contributed by atoms with Crippen molar-refractivity contribution in [2.75, 3.05) is 0 Å². The van der Waals surface area contributed by atoms with Crippen LogP contribution in [0.2, 0.25) is 0 Å². The van der Waals surface area contributed by atoms with Crippen LogP contribution in [0, 0.1) is 0 Å². The quantitative estimate of drug-likeness (QED) is 0.457. The third-order valence-electron chi connectivity index (χ3n) is 2.93. The maximum absolute atomic E-state index is 4.56. The molecule has 0 atom stereocenters. The van der Waals surface area contributed by atoms with Gasteiger partial charge in [0.25, 0.3) is 0 Å². The fourth-order valence-corrected chi connectivity index (χ4v) is 2.14. The van der Waals surface area contributed by atoms with Gasteiger partial charge in [0.15, 0.2) is 0 Å². The number of hydrogen-bond donors (Lipinski definition) is 0. The summed E-state index contributed by atoms with van der Waals surface area (Å²) in [5, 5.41) is 1.07. The van der Waals surface area contributed by atoms with Crippen LogP contribution in [-0.2, 0) is 0 Å². The molecule has 3 aromatic heterocycles. The van der Waals surface area contributed by atoms with Gasteiger partial charge in [0, 0.05) is 17.8 Å². The Labute approximate surface area is 96.6 Å². The van der Waals surface area contributed by atoms with E-state index in [0.717, 1.165) is 21.9 Å². The zero-order chi connectivity index (χ0) is 11.2.